The van der Waals surface area contributed by atoms with Crippen LogP contribution in [0.15, 0.2) is 47.4 Å². The Bertz CT molecular complexity index is 951. The van der Waals surface area contributed by atoms with E-state index < -0.39 is 21.9 Å². The zero-order valence-electron chi connectivity index (χ0n) is 15.6. The van der Waals surface area contributed by atoms with Crippen molar-refractivity contribution in [1.29, 1.82) is 0 Å². The smallest absolute Gasteiger partial charge is 0.338 e. The average molecular weight is 390 g/mol. The van der Waals surface area contributed by atoms with E-state index in [1.165, 1.54) is 26.2 Å². The number of amides is 1. The minimum atomic E-state index is -3.64. The van der Waals surface area contributed by atoms with Crippen molar-refractivity contribution in [2.24, 2.45) is 0 Å². The molecule has 1 amide bonds. The van der Waals surface area contributed by atoms with Crippen molar-refractivity contribution in [1.82, 2.24) is 4.31 Å². The van der Waals surface area contributed by atoms with E-state index in [-0.39, 0.29) is 17.1 Å². The number of sulfonamides is 1. The number of benzene rings is 2. The van der Waals surface area contributed by atoms with Gasteiger partial charge >= 0.3 is 5.97 Å². The molecule has 27 heavy (non-hydrogen) atoms. The average Bonchev–Trinajstić information content (AvgIpc) is 2.62. The molecule has 0 fully saturated rings. The molecule has 0 saturated heterocycles. The standard InChI is InChI=1S/C19H22N2O5S/c1-5-26-19(23)14-7-9-15(10-8-14)20-18(22)17-12-16(11-6-13(17)2)27(24,25)21(3)4/h6-12H,5H2,1-4H3,(H,20,22). The van der Waals surface area contributed by atoms with Gasteiger partial charge < -0.3 is 10.1 Å². The molecule has 144 valence electrons. The molecule has 7 nitrogen and oxygen atoms in total. The number of anilines is 1. The molecule has 0 aromatic heterocycles. The number of carbonyl (C=O) groups excluding carboxylic acids is 2. The summed E-state index contributed by atoms with van der Waals surface area (Å²) in [6.07, 6.45) is 0. The lowest BCUT2D eigenvalue weighted by atomic mass is 10.1. The van der Waals surface area contributed by atoms with Crippen molar-refractivity contribution in [2.45, 2.75) is 18.7 Å². The first-order valence-electron chi connectivity index (χ1n) is 8.28. The molecule has 0 aliphatic heterocycles. The lowest BCUT2D eigenvalue weighted by Gasteiger charge is -2.14. The van der Waals surface area contributed by atoms with Gasteiger partial charge in [-0.1, -0.05) is 6.07 Å². The lowest BCUT2D eigenvalue weighted by molar-refractivity contribution is 0.0526. The summed E-state index contributed by atoms with van der Waals surface area (Å²) in [5.74, 6) is -0.875. The second kappa shape index (κ2) is 8.32. The van der Waals surface area contributed by atoms with Gasteiger partial charge in [-0.2, -0.15) is 0 Å². The third kappa shape index (κ3) is 4.72. The Morgan fingerprint density at radius 2 is 1.70 bits per heavy atom. The van der Waals surface area contributed by atoms with Crippen LogP contribution in [0.3, 0.4) is 0 Å². The molecule has 0 atom stereocenters. The van der Waals surface area contributed by atoms with Crippen LogP contribution in [0.1, 0.15) is 33.2 Å². The summed E-state index contributed by atoms with van der Waals surface area (Å²) in [6, 6.07) is 10.7. The summed E-state index contributed by atoms with van der Waals surface area (Å²) < 4.78 is 30.6. The van der Waals surface area contributed by atoms with Gasteiger partial charge in [0.1, 0.15) is 0 Å². The minimum absolute atomic E-state index is 0.0425. The van der Waals surface area contributed by atoms with Crippen LogP contribution in [0.25, 0.3) is 0 Å². The van der Waals surface area contributed by atoms with Crippen LogP contribution in [0.4, 0.5) is 5.69 Å². The number of rotatable bonds is 6. The van der Waals surface area contributed by atoms with E-state index >= 15 is 0 Å². The molecule has 0 aliphatic rings. The van der Waals surface area contributed by atoms with Gasteiger partial charge in [0.25, 0.3) is 5.91 Å². The van der Waals surface area contributed by atoms with Crippen molar-refractivity contribution >= 4 is 27.6 Å². The number of nitrogens with one attached hydrogen (secondary N) is 1. The van der Waals surface area contributed by atoms with E-state index in [0.29, 0.717) is 16.8 Å². The lowest BCUT2D eigenvalue weighted by Crippen LogP contribution is -2.23. The molecule has 1 N–H and O–H groups in total. The number of esters is 1. The third-order valence-electron chi connectivity index (χ3n) is 3.89. The first-order chi connectivity index (χ1) is 12.7. The molecular formula is C19H22N2O5S. The predicted molar refractivity (Wildman–Crippen MR) is 102 cm³/mol. The summed E-state index contributed by atoms with van der Waals surface area (Å²) in [5.41, 5.74) is 1.76. The zero-order valence-corrected chi connectivity index (χ0v) is 16.5. The van der Waals surface area contributed by atoms with Gasteiger partial charge in [-0.05, 0) is 55.8 Å². The molecule has 0 unspecified atom stereocenters. The van der Waals surface area contributed by atoms with Crippen molar-refractivity contribution in [2.75, 3.05) is 26.0 Å². The topological polar surface area (TPSA) is 92.8 Å². The van der Waals surface area contributed by atoms with E-state index in [1.54, 1.807) is 44.2 Å². The van der Waals surface area contributed by atoms with Crippen LogP contribution in [-0.4, -0.2) is 45.3 Å². The van der Waals surface area contributed by atoms with Crippen LogP contribution >= 0.6 is 0 Å². The number of nitrogens with zero attached hydrogens (tertiary/aromatic N) is 1. The molecule has 0 saturated carbocycles. The molecule has 0 radical (unpaired) electrons. The van der Waals surface area contributed by atoms with E-state index in [1.807, 2.05) is 0 Å². The highest BCUT2D eigenvalue weighted by molar-refractivity contribution is 7.89. The highest BCUT2D eigenvalue weighted by Gasteiger charge is 2.20. The largest absolute Gasteiger partial charge is 0.462 e. The minimum Gasteiger partial charge on any atom is -0.462 e. The second-order valence-electron chi connectivity index (χ2n) is 6.02. The molecule has 0 spiro atoms. The Kier molecular flexibility index (Phi) is 6.35. The Balaban J connectivity index is 2.24. The number of carbonyl (C=O) groups is 2. The second-order valence-corrected chi connectivity index (χ2v) is 8.17. The summed E-state index contributed by atoms with van der Waals surface area (Å²) in [4.78, 5) is 24.3. The highest BCUT2D eigenvalue weighted by atomic mass is 32.2. The first kappa shape index (κ1) is 20.6. The van der Waals surface area contributed by atoms with Crippen LogP contribution < -0.4 is 5.32 Å². The van der Waals surface area contributed by atoms with E-state index in [9.17, 15) is 18.0 Å². The van der Waals surface area contributed by atoms with Gasteiger partial charge in [-0.25, -0.2) is 17.5 Å². The van der Waals surface area contributed by atoms with Crippen molar-refractivity contribution in [3.63, 3.8) is 0 Å². The van der Waals surface area contributed by atoms with Gasteiger partial charge in [-0.3, -0.25) is 4.79 Å². The van der Waals surface area contributed by atoms with Gasteiger partial charge in [0.2, 0.25) is 10.0 Å². The molecule has 0 aliphatic carbocycles. The van der Waals surface area contributed by atoms with Gasteiger partial charge in [0.15, 0.2) is 0 Å². The van der Waals surface area contributed by atoms with Crippen LogP contribution in [0, 0.1) is 6.92 Å². The Morgan fingerprint density at radius 3 is 2.26 bits per heavy atom. The Morgan fingerprint density at radius 1 is 1.07 bits per heavy atom. The molecular weight excluding hydrogens is 368 g/mol. The van der Waals surface area contributed by atoms with Gasteiger partial charge in [0.05, 0.1) is 17.1 Å². The molecule has 2 aromatic rings. The van der Waals surface area contributed by atoms with Crippen LogP contribution in [0.5, 0.6) is 0 Å². The van der Waals surface area contributed by atoms with Gasteiger partial charge in [-0.15, -0.1) is 0 Å². The monoisotopic (exact) mass is 390 g/mol. The number of hydrogen-bond donors (Lipinski definition) is 1. The van der Waals surface area contributed by atoms with Crippen molar-refractivity contribution < 1.29 is 22.7 Å². The van der Waals surface area contributed by atoms with Crippen LogP contribution in [0.2, 0.25) is 0 Å². The first-order valence-corrected chi connectivity index (χ1v) is 9.72. The molecule has 0 bridgehead atoms. The van der Waals surface area contributed by atoms with E-state index in [0.717, 1.165) is 4.31 Å². The molecule has 2 aromatic carbocycles. The predicted octanol–water partition coefficient (Wildman–Crippen LogP) is 2.67. The third-order valence-corrected chi connectivity index (χ3v) is 5.70. The van der Waals surface area contributed by atoms with Crippen molar-refractivity contribution in [3.05, 3.63) is 59.2 Å². The maximum atomic E-state index is 12.6. The molecule has 8 heteroatoms. The van der Waals surface area contributed by atoms with E-state index in [4.69, 9.17) is 4.74 Å². The fourth-order valence-corrected chi connectivity index (χ4v) is 3.25. The fourth-order valence-electron chi connectivity index (χ4n) is 2.32. The number of aryl methyl sites for hydroxylation is 1. The quantitative estimate of drug-likeness (QED) is 0.766. The van der Waals surface area contributed by atoms with Gasteiger partial charge in [0, 0.05) is 25.3 Å². The molecule has 0 heterocycles. The summed E-state index contributed by atoms with van der Waals surface area (Å²) >= 11 is 0. The fraction of sp³-hybridized carbons (Fsp3) is 0.263. The summed E-state index contributed by atoms with van der Waals surface area (Å²) in [5, 5.41) is 2.71. The maximum Gasteiger partial charge on any atom is 0.338 e. The Hall–Kier alpha value is -2.71. The normalized spacial score (nSPS) is 11.3. The number of ether oxygens (including phenoxy) is 1. The van der Waals surface area contributed by atoms with E-state index in [2.05, 4.69) is 5.32 Å². The SMILES string of the molecule is CCOC(=O)c1ccc(NC(=O)c2cc(S(=O)(=O)N(C)C)ccc2C)cc1. The Labute approximate surface area is 159 Å². The number of hydrogen-bond acceptors (Lipinski definition) is 5. The zero-order chi connectivity index (χ0) is 20.2. The summed E-state index contributed by atoms with van der Waals surface area (Å²) in [6.45, 7) is 3.73. The maximum absolute atomic E-state index is 12.6. The molecule has 2 rings (SSSR count). The van der Waals surface area contributed by atoms with Crippen LogP contribution in [-0.2, 0) is 14.8 Å². The summed E-state index contributed by atoms with van der Waals surface area (Å²) in [7, 11) is -0.780. The highest BCUT2D eigenvalue weighted by Crippen LogP contribution is 2.20. The van der Waals surface area contributed by atoms with Crippen molar-refractivity contribution in [3.8, 4) is 0 Å².